The van der Waals surface area contributed by atoms with Crippen LogP contribution >= 0.6 is 0 Å². The number of hydrogen-bond donors (Lipinski definition) is 2. The highest BCUT2D eigenvalue weighted by Gasteiger charge is 2.14. The average Bonchev–Trinajstić information content (AvgIpc) is 2.20. The molecule has 1 atom stereocenters. The summed E-state index contributed by atoms with van der Waals surface area (Å²) < 4.78 is 5.19. The Balaban J connectivity index is 2.05. The lowest BCUT2D eigenvalue weighted by Crippen LogP contribution is -2.43. The first-order valence-corrected chi connectivity index (χ1v) is 4.95. The van der Waals surface area contributed by atoms with Crippen LogP contribution in [0.3, 0.4) is 0 Å². The molecule has 0 bridgehead atoms. The molecule has 1 aliphatic heterocycles. The third-order valence-electron chi connectivity index (χ3n) is 2.18. The normalized spacial score (nSPS) is 20.6. The smallest absolute Gasteiger partial charge is 0.133 e. The molecule has 1 rings (SSSR count). The molecular formula is C9H18N2O3. The molecule has 1 aliphatic rings. The highest BCUT2D eigenvalue weighted by molar-refractivity contribution is 5.51. The molecule has 1 saturated heterocycles. The third kappa shape index (κ3) is 4.66. The Labute approximate surface area is 84.0 Å². The van der Waals surface area contributed by atoms with Gasteiger partial charge in [-0.15, -0.1) is 0 Å². The number of morpholine rings is 1. The predicted octanol–water partition coefficient (Wildman–Crippen LogP) is -1.53. The van der Waals surface area contributed by atoms with E-state index < -0.39 is 6.10 Å². The fraction of sp³-hybridized carbons (Fsp3) is 0.889. The van der Waals surface area contributed by atoms with E-state index in [1.165, 1.54) is 0 Å². The number of ether oxygens (including phenoxy) is 1. The van der Waals surface area contributed by atoms with Gasteiger partial charge in [-0.2, -0.15) is 0 Å². The van der Waals surface area contributed by atoms with Crippen LogP contribution < -0.4 is 5.32 Å². The Morgan fingerprint density at radius 2 is 2.21 bits per heavy atom. The molecule has 5 heteroatoms. The fourth-order valence-electron chi connectivity index (χ4n) is 1.46. The monoisotopic (exact) mass is 202 g/mol. The minimum atomic E-state index is -0.409. The number of nitrogens with one attached hydrogen (secondary N) is 1. The first-order chi connectivity index (χ1) is 6.83. The van der Waals surface area contributed by atoms with E-state index >= 15 is 0 Å². The maximum absolute atomic E-state index is 10.0. The maximum atomic E-state index is 10.0. The molecule has 1 unspecified atom stereocenters. The van der Waals surface area contributed by atoms with Gasteiger partial charge >= 0.3 is 0 Å². The molecule has 82 valence electrons. The van der Waals surface area contributed by atoms with Gasteiger partial charge in [0.25, 0.3) is 0 Å². The molecule has 0 amide bonds. The van der Waals surface area contributed by atoms with Crippen molar-refractivity contribution in [2.24, 2.45) is 0 Å². The summed E-state index contributed by atoms with van der Waals surface area (Å²) >= 11 is 0. The van der Waals surface area contributed by atoms with E-state index in [0.717, 1.165) is 32.6 Å². The fourth-order valence-corrected chi connectivity index (χ4v) is 1.46. The molecule has 1 heterocycles. The van der Waals surface area contributed by atoms with E-state index in [9.17, 15) is 9.90 Å². The number of hydrogen-bond acceptors (Lipinski definition) is 5. The average molecular weight is 202 g/mol. The second-order valence-corrected chi connectivity index (χ2v) is 3.39. The van der Waals surface area contributed by atoms with Crippen molar-refractivity contribution < 1.29 is 14.6 Å². The van der Waals surface area contributed by atoms with Crippen molar-refractivity contribution in [3.05, 3.63) is 0 Å². The number of nitrogens with zero attached hydrogens (tertiary/aromatic N) is 1. The lowest BCUT2D eigenvalue weighted by Gasteiger charge is -2.28. The third-order valence-corrected chi connectivity index (χ3v) is 2.18. The number of rotatable bonds is 6. The lowest BCUT2D eigenvalue weighted by molar-refractivity contribution is -0.107. The quantitative estimate of drug-likeness (QED) is 0.404. The first kappa shape index (κ1) is 11.6. The van der Waals surface area contributed by atoms with Gasteiger partial charge in [-0.1, -0.05) is 0 Å². The van der Waals surface area contributed by atoms with E-state index in [2.05, 4.69) is 10.2 Å². The van der Waals surface area contributed by atoms with Gasteiger partial charge in [0, 0.05) is 26.2 Å². The van der Waals surface area contributed by atoms with Crippen LogP contribution in [0.4, 0.5) is 0 Å². The maximum Gasteiger partial charge on any atom is 0.133 e. The first-order valence-electron chi connectivity index (χ1n) is 4.95. The zero-order valence-corrected chi connectivity index (χ0v) is 8.32. The minimum Gasteiger partial charge on any atom is -0.390 e. The van der Waals surface area contributed by atoms with Crippen LogP contribution in [0, 0.1) is 0 Å². The highest BCUT2D eigenvalue weighted by atomic mass is 16.5. The van der Waals surface area contributed by atoms with Crippen molar-refractivity contribution in [1.82, 2.24) is 10.2 Å². The molecule has 0 aromatic carbocycles. The summed E-state index contributed by atoms with van der Waals surface area (Å²) in [7, 11) is 0. The van der Waals surface area contributed by atoms with Gasteiger partial charge < -0.3 is 20.0 Å². The van der Waals surface area contributed by atoms with Gasteiger partial charge in [-0.05, 0) is 0 Å². The van der Waals surface area contributed by atoms with Crippen LogP contribution in [0.2, 0.25) is 0 Å². The zero-order valence-electron chi connectivity index (χ0n) is 8.32. The lowest BCUT2D eigenvalue weighted by atomic mass is 10.3. The summed E-state index contributed by atoms with van der Waals surface area (Å²) in [5.74, 6) is 0. The Hall–Kier alpha value is -0.490. The van der Waals surface area contributed by atoms with Gasteiger partial charge in [-0.25, -0.2) is 0 Å². The van der Waals surface area contributed by atoms with E-state index in [0.29, 0.717) is 19.6 Å². The molecule has 0 radical (unpaired) electrons. The van der Waals surface area contributed by atoms with Crippen molar-refractivity contribution >= 4 is 6.29 Å². The molecule has 2 N–H and O–H groups in total. The number of β-amino-alcohol motifs (C(OH)–C–C–N with tert-alkyl or cyclic N) is 1. The minimum absolute atomic E-state index is 0.306. The number of carbonyl (C=O) groups excluding carboxylic acids is 1. The van der Waals surface area contributed by atoms with Crippen molar-refractivity contribution in [1.29, 1.82) is 0 Å². The van der Waals surface area contributed by atoms with Gasteiger partial charge in [-0.3, -0.25) is 4.90 Å². The molecule has 0 spiro atoms. The van der Waals surface area contributed by atoms with Gasteiger partial charge in [0.2, 0.25) is 0 Å². The largest absolute Gasteiger partial charge is 0.390 e. The second kappa shape index (κ2) is 6.89. The molecule has 0 aliphatic carbocycles. The molecule has 0 aromatic heterocycles. The molecule has 0 saturated carbocycles. The number of carbonyl (C=O) groups is 1. The van der Waals surface area contributed by atoms with Gasteiger partial charge in [0.05, 0.1) is 25.9 Å². The molecular weight excluding hydrogens is 184 g/mol. The molecule has 1 fully saturated rings. The molecule has 0 aromatic rings. The van der Waals surface area contributed by atoms with E-state index in [1.807, 2.05) is 0 Å². The van der Waals surface area contributed by atoms with Crippen LogP contribution in [0.25, 0.3) is 0 Å². The number of aliphatic hydroxyl groups excluding tert-OH is 1. The Morgan fingerprint density at radius 3 is 2.86 bits per heavy atom. The summed E-state index contributed by atoms with van der Waals surface area (Å²) in [6.45, 7) is 4.67. The van der Waals surface area contributed by atoms with Crippen molar-refractivity contribution in [2.45, 2.75) is 6.10 Å². The van der Waals surface area contributed by atoms with Crippen LogP contribution in [0.1, 0.15) is 0 Å². The molecule has 5 nitrogen and oxygen atoms in total. The highest BCUT2D eigenvalue weighted by Crippen LogP contribution is 1.97. The van der Waals surface area contributed by atoms with E-state index in [1.54, 1.807) is 0 Å². The predicted molar refractivity (Wildman–Crippen MR) is 52.2 cm³/mol. The van der Waals surface area contributed by atoms with E-state index in [4.69, 9.17) is 4.74 Å². The summed E-state index contributed by atoms with van der Waals surface area (Å²) in [6.07, 6.45) is 0.384. The van der Waals surface area contributed by atoms with Crippen molar-refractivity contribution in [3.8, 4) is 0 Å². The number of aliphatic hydroxyl groups is 1. The van der Waals surface area contributed by atoms with E-state index in [-0.39, 0.29) is 0 Å². The Morgan fingerprint density at radius 1 is 1.50 bits per heavy atom. The van der Waals surface area contributed by atoms with Gasteiger partial charge in [0.15, 0.2) is 0 Å². The number of aldehydes is 1. The van der Waals surface area contributed by atoms with Crippen LogP contribution in [0.15, 0.2) is 0 Å². The Bertz CT molecular complexity index is 160. The molecule has 14 heavy (non-hydrogen) atoms. The standard InChI is InChI=1S/C9H18N2O3/c12-4-1-10-7-9(13)8-11-2-5-14-6-3-11/h4,9-10,13H,1-3,5-8H2. The SMILES string of the molecule is O=CCNCC(O)CN1CCOCC1. The van der Waals surface area contributed by atoms with Crippen molar-refractivity contribution in [2.75, 3.05) is 45.9 Å². The summed E-state index contributed by atoms with van der Waals surface area (Å²) in [5, 5.41) is 12.4. The van der Waals surface area contributed by atoms with Crippen LogP contribution in [-0.2, 0) is 9.53 Å². The zero-order chi connectivity index (χ0) is 10.2. The summed E-state index contributed by atoms with van der Waals surface area (Å²) in [4.78, 5) is 12.2. The van der Waals surface area contributed by atoms with Gasteiger partial charge in [0.1, 0.15) is 6.29 Å². The topological polar surface area (TPSA) is 61.8 Å². The Kier molecular flexibility index (Phi) is 5.70. The second-order valence-electron chi connectivity index (χ2n) is 3.39. The summed E-state index contributed by atoms with van der Waals surface area (Å²) in [6, 6.07) is 0. The van der Waals surface area contributed by atoms with Crippen molar-refractivity contribution in [3.63, 3.8) is 0 Å². The van der Waals surface area contributed by atoms with Crippen LogP contribution in [-0.4, -0.2) is 68.3 Å². The van der Waals surface area contributed by atoms with Crippen LogP contribution in [0.5, 0.6) is 0 Å². The summed E-state index contributed by atoms with van der Waals surface area (Å²) in [5.41, 5.74) is 0.